The van der Waals surface area contributed by atoms with Crippen LogP contribution in [0.2, 0.25) is 0 Å². The second-order valence-corrected chi connectivity index (χ2v) is 24.6. The van der Waals surface area contributed by atoms with E-state index in [1.165, 1.54) is 0 Å². The van der Waals surface area contributed by atoms with E-state index in [1.807, 2.05) is 214 Å². The van der Waals surface area contributed by atoms with Crippen LogP contribution in [0.1, 0.15) is 165 Å². The number of nitrogens with zero attached hydrogens (tertiary/aromatic N) is 8. The molecule has 8 aromatic rings. The SMILES string of the molecule is CCN(CC)CCN1C(=O)c2ccccc2C1c1ccccc1N.CCN(CC)CCN1C(=O)c2ccccc2C1c1ccccc1N.CCN(CC)CCN1C(=O)c2ccccc2C1c1ccccc1N.CCN(CC)CCN1C(=O)c2ccccc2C1c1ccccc1N.Cl.Cl.Cl.Cl.Cl.Cl.Cl.Cl.O. The molecule has 17 nitrogen and oxygen atoms in total. The Morgan fingerprint density at radius 3 is 0.543 bits per heavy atom. The fourth-order valence-electron chi connectivity index (χ4n) is 13.9. The third-order valence-electron chi connectivity index (χ3n) is 19.6. The van der Waals surface area contributed by atoms with Gasteiger partial charge in [0, 0.05) is 120 Å². The molecule has 4 aliphatic heterocycles. The normalized spacial score (nSPS) is 15.3. The summed E-state index contributed by atoms with van der Waals surface area (Å²) in [5.74, 6) is 0.411. The first-order chi connectivity index (χ1) is 46.7. The molecule has 0 bridgehead atoms. The number of nitrogens with two attached hydrogens (primary N) is 4. The highest BCUT2D eigenvalue weighted by Crippen LogP contribution is 2.44. The Hall–Kier alpha value is -7.04. The molecule has 576 valence electrons. The smallest absolute Gasteiger partial charge is 0.255 e. The summed E-state index contributed by atoms with van der Waals surface area (Å²) in [4.78, 5) is 69.0. The molecule has 105 heavy (non-hydrogen) atoms. The number of nitrogen functional groups attached to an aromatic ring is 4. The van der Waals surface area contributed by atoms with Crippen molar-refractivity contribution in [3.8, 4) is 0 Å². The van der Waals surface area contributed by atoms with E-state index >= 15 is 0 Å². The molecule has 0 aliphatic carbocycles. The van der Waals surface area contributed by atoms with E-state index in [1.54, 1.807) is 0 Å². The highest BCUT2D eigenvalue weighted by molar-refractivity contribution is 6.02. The predicted molar refractivity (Wildman–Crippen MR) is 453 cm³/mol. The maximum Gasteiger partial charge on any atom is 0.255 e. The number of rotatable bonds is 24. The van der Waals surface area contributed by atoms with E-state index in [0.29, 0.717) is 26.2 Å². The number of anilines is 4. The lowest BCUT2D eigenvalue weighted by Gasteiger charge is -2.29. The van der Waals surface area contributed by atoms with Crippen LogP contribution in [0.5, 0.6) is 0 Å². The van der Waals surface area contributed by atoms with Crippen LogP contribution in [0.15, 0.2) is 194 Å². The number of amides is 4. The zero-order chi connectivity index (χ0) is 68.4. The van der Waals surface area contributed by atoms with Gasteiger partial charge in [-0.3, -0.25) is 19.2 Å². The molecule has 4 heterocycles. The van der Waals surface area contributed by atoms with E-state index in [9.17, 15) is 19.2 Å². The first-order valence-electron chi connectivity index (χ1n) is 34.5. The van der Waals surface area contributed by atoms with Crippen molar-refractivity contribution in [1.82, 2.24) is 39.2 Å². The maximum atomic E-state index is 12.9. The average Bonchev–Trinajstić information content (AvgIpc) is 1.64. The summed E-state index contributed by atoms with van der Waals surface area (Å²) in [7, 11) is 0. The van der Waals surface area contributed by atoms with Crippen molar-refractivity contribution in [2.45, 2.75) is 79.6 Å². The Morgan fingerprint density at radius 2 is 0.390 bits per heavy atom. The molecule has 4 atom stereocenters. The number of likely N-dealkylation sites (N-methyl/N-ethyl adjacent to an activating group) is 4. The summed E-state index contributed by atoms with van der Waals surface area (Å²) in [5.41, 5.74) is 39.3. The van der Waals surface area contributed by atoms with Crippen molar-refractivity contribution in [3.05, 3.63) is 261 Å². The lowest BCUT2D eigenvalue weighted by atomic mass is 9.96. The molecule has 0 fully saturated rings. The number of fused-ring (bicyclic) bond motifs is 4. The molecule has 25 heteroatoms. The topological polar surface area (TPSA) is 230 Å². The van der Waals surface area contributed by atoms with E-state index in [-0.39, 0.29) is 153 Å². The minimum atomic E-state index is -0.0922. The van der Waals surface area contributed by atoms with Gasteiger partial charge in [0.25, 0.3) is 23.6 Å². The monoisotopic (exact) mass is 1600 g/mol. The Bertz CT molecular complexity index is 3440. The van der Waals surface area contributed by atoms with Crippen LogP contribution >= 0.6 is 99.3 Å². The molecule has 0 aromatic heterocycles. The van der Waals surface area contributed by atoms with Crippen molar-refractivity contribution in [2.24, 2.45) is 0 Å². The molecule has 0 spiro atoms. The van der Waals surface area contributed by atoms with Crippen molar-refractivity contribution >= 4 is 146 Å². The van der Waals surface area contributed by atoms with Gasteiger partial charge in [-0.15, -0.1) is 99.3 Å². The van der Waals surface area contributed by atoms with Crippen LogP contribution in [0.4, 0.5) is 22.7 Å². The predicted octanol–water partition coefficient (Wildman–Crippen LogP) is 15.2. The van der Waals surface area contributed by atoms with Crippen LogP contribution in [0, 0.1) is 0 Å². The van der Waals surface area contributed by atoms with Gasteiger partial charge in [-0.05, 0) is 123 Å². The molecule has 8 aromatic carbocycles. The van der Waals surface area contributed by atoms with Gasteiger partial charge in [0.1, 0.15) is 0 Å². The van der Waals surface area contributed by atoms with Gasteiger partial charge in [0.2, 0.25) is 0 Å². The van der Waals surface area contributed by atoms with Gasteiger partial charge in [0.15, 0.2) is 0 Å². The number of benzene rings is 8. The second-order valence-electron chi connectivity index (χ2n) is 24.6. The van der Waals surface area contributed by atoms with E-state index in [0.717, 1.165) is 168 Å². The molecular weight excluding hydrogens is 1490 g/mol. The number of hydrogen-bond acceptors (Lipinski definition) is 12. The quantitative estimate of drug-likeness (QED) is 0.0414. The van der Waals surface area contributed by atoms with Crippen LogP contribution in [0.3, 0.4) is 0 Å². The summed E-state index contributed by atoms with van der Waals surface area (Å²) in [6.07, 6.45) is 0. The van der Waals surface area contributed by atoms with E-state index in [2.05, 4.69) is 75.0 Å². The largest absolute Gasteiger partial charge is 0.412 e. The summed E-state index contributed by atoms with van der Waals surface area (Å²) in [5, 5.41) is 0. The molecular formula is C80H110Cl8N12O5. The number of hydrogen-bond donors (Lipinski definition) is 4. The second kappa shape index (κ2) is 47.6. The Balaban J connectivity index is 0.00000134. The van der Waals surface area contributed by atoms with Crippen LogP contribution in [-0.2, 0) is 0 Å². The lowest BCUT2D eigenvalue weighted by Crippen LogP contribution is -2.37. The summed E-state index contributed by atoms with van der Waals surface area (Å²) >= 11 is 0. The Labute approximate surface area is 672 Å². The number of para-hydroxylation sites is 4. The Kier molecular flexibility index (Phi) is 44.4. The van der Waals surface area contributed by atoms with Crippen molar-refractivity contribution in [3.63, 3.8) is 0 Å². The molecule has 12 rings (SSSR count). The third-order valence-corrected chi connectivity index (χ3v) is 19.6. The van der Waals surface area contributed by atoms with Crippen LogP contribution < -0.4 is 22.9 Å². The minimum absolute atomic E-state index is 0. The van der Waals surface area contributed by atoms with Gasteiger partial charge >= 0.3 is 0 Å². The summed E-state index contributed by atoms with van der Waals surface area (Å²) in [6, 6.07) is 62.6. The third kappa shape index (κ3) is 22.5. The van der Waals surface area contributed by atoms with Crippen LogP contribution in [0.25, 0.3) is 0 Å². The van der Waals surface area contributed by atoms with Gasteiger partial charge in [-0.2, -0.15) is 0 Å². The molecule has 4 aliphatic rings. The fourth-order valence-corrected chi connectivity index (χ4v) is 13.9. The lowest BCUT2D eigenvalue weighted by molar-refractivity contribution is 0.0722. The molecule has 0 saturated heterocycles. The van der Waals surface area contributed by atoms with Gasteiger partial charge < -0.3 is 67.6 Å². The van der Waals surface area contributed by atoms with Gasteiger partial charge in [0.05, 0.1) is 24.2 Å². The van der Waals surface area contributed by atoms with Crippen molar-refractivity contribution in [2.75, 3.05) is 128 Å². The number of carbonyl (C=O) groups excluding carboxylic acids is 4. The van der Waals surface area contributed by atoms with Gasteiger partial charge in [-0.25, -0.2) is 0 Å². The molecule has 0 saturated carbocycles. The highest BCUT2D eigenvalue weighted by atomic mass is 35.5. The highest BCUT2D eigenvalue weighted by Gasteiger charge is 2.42. The summed E-state index contributed by atoms with van der Waals surface area (Å²) in [6.45, 7) is 31.4. The molecule has 10 N–H and O–H groups in total. The average molecular weight is 1600 g/mol. The number of halogens is 8. The number of carbonyl (C=O) groups is 4. The van der Waals surface area contributed by atoms with Crippen molar-refractivity contribution < 1.29 is 24.7 Å². The molecule has 4 amide bonds. The zero-order valence-electron chi connectivity index (χ0n) is 61.4. The van der Waals surface area contributed by atoms with E-state index < -0.39 is 0 Å². The molecule has 4 unspecified atom stereocenters. The first-order valence-corrected chi connectivity index (χ1v) is 34.5. The van der Waals surface area contributed by atoms with Gasteiger partial charge in [-0.1, -0.05) is 201 Å². The first kappa shape index (κ1) is 98.0. The molecule has 0 radical (unpaired) electrons. The van der Waals surface area contributed by atoms with E-state index in [4.69, 9.17) is 22.9 Å². The van der Waals surface area contributed by atoms with Crippen LogP contribution in [-0.4, -0.2) is 173 Å². The van der Waals surface area contributed by atoms with Crippen molar-refractivity contribution in [1.29, 1.82) is 0 Å². The Morgan fingerprint density at radius 1 is 0.248 bits per heavy atom. The minimum Gasteiger partial charge on any atom is -0.412 e. The summed E-state index contributed by atoms with van der Waals surface area (Å²) < 4.78 is 0. The standard InChI is InChI=1S/4C20H25N3O.8ClH.H2O/c4*1-3-22(4-2)13-14-23-19(17-11-7-8-12-18(17)21)15-9-5-6-10-16(15)20(23)24;;;;;;;;;/h4*5-12,19H,3-4,13-14,21H2,1-2H3;8*1H;1H2. The fraction of sp³-hybridized carbons (Fsp3) is 0.350. The zero-order valence-corrected chi connectivity index (χ0v) is 67.9. The maximum absolute atomic E-state index is 12.9.